The third-order valence-electron chi connectivity index (χ3n) is 5.13. The summed E-state index contributed by atoms with van der Waals surface area (Å²) in [5.41, 5.74) is 0.898. The normalized spacial score (nSPS) is 19.5. The smallest absolute Gasteiger partial charge is 0.229 e. The number of nitrogens with zero attached hydrogens (tertiary/aromatic N) is 1. The number of likely N-dealkylation sites (tertiary alicyclic amines) is 1. The van der Waals surface area contributed by atoms with Crippen LogP contribution in [0.5, 0.6) is 0 Å². The highest BCUT2D eigenvalue weighted by atomic mass is 19.1. The lowest BCUT2D eigenvalue weighted by atomic mass is 9.91. The number of carbonyl (C=O) groups excluding carboxylic acids is 3. The summed E-state index contributed by atoms with van der Waals surface area (Å²) < 4.78 is 13.2. The molecule has 1 N–H and O–H groups in total. The SMILES string of the molecule is O=C(CCN1C(=O)CCC1=O)N[C@@H](c1ccc(F)cc1)C1CCCC1. The highest BCUT2D eigenvalue weighted by Crippen LogP contribution is 2.35. The molecule has 0 unspecified atom stereocenters. The van der Waals surface area contributed by atoms with Gasteiger partial charge in [0.2, 0.25) is 17.7 Å². The standard InChI is InChI=1S/C19H23FN2O3/c20-15-7-5-14(6-8-15)19(13-3-1-2-4-13)21-16(23)11-12-22-17(24)9-10-18(22)25/h5-8,13,19H,1-4,9-12H2,(H,21,23)/t19-/m1/s1. The van der Waals surface area contributed by atoms with Crippen molar-refractivity contribution in [2.75, 3.05) is 6.54 Å². The number of hydrogen-bond acceptors (Lipinski definition) is 3. The van der Waals surface area contributed by atoms with Crippen LogP contribution in [-0.4, -0.2) is 29.2 Å². The van der Waals surface area contributed by atoms with Gasteiger partial charge < -0.3 is 5.32 Å². The Morgan fingerprint density at radius 3 is 2.32 bits per heavy atom. The van der Waals surface area contributed by atoms with Crippen LogP contribution in [0.15, 0.2) is 24.3 Å². The third kappa shape index (κ3) is 4.24. The Labute approximate surface area is 146 Å². The van der Waals surface area contributed by atoms with Gasteiger partial charge in [-0.05, 0) is 36.5 Å². The van der Waals surface area contributed by atoms with Crippen molar-refractivity contribution in [1.82, 2.24) is 10.2 Å². The molecule has 2 fully saturated rings. The number of amides is 3. The van der Waals surface area contributed by atoms with E-state index in [1.54, 1.807) is 12.1 Å². The minimum absolute atomic E-state index is 0.0991. The van der Waals surface area contributed by atoms with Gasteiger partial charge in [-0.1, -0.05) is 25.0 Å². The third-order valence-corrected chi connectivity index (χ3v) is 5.13. The minimum Gasteiger partial charge on any atom is -0.349 e. The Morgan fingerprint density at radius 2 is 1.72 bits per heavy atom. The van der Waals surface area contributed by atoms with Crippen LogP contribution in [0.3, 0.4) is 0 Å². The summed E-state index contributed by atoms with van der Waals surface area (Å²) in [6.07, 6.45) is 4.91. The second-order valence-electron chi connectivity index (χ2n) is 6.83. The van der Waals surface area contributed by atoms with Gasteiger partial charge in [-0.15, -0.1) is 0 Å². The highest BCUT2D eigenvalue weighted by Gasteiger charge is 2.30. The van der Waals surface area contributed by atoms with Crippen molar-refractivity contribution >= 4 is 17.7 Å². The van der Waals surface area contributed by atoms with E-state index < -0.39 is 0 Å². The average molecular weight is 346 g/mol. The topological polar surface area (TPSA) is 66.5 Å². The molecule has 2 aliphatic rings. The van der Waals surface area contributed by atoms with Gasteiger partial charge in [0.15, 0.2) is 0 Å². The van der Waals surface area contributed by atoms with Gasteiger partial charge in [0.25, 0.3) is 0 Å². The number of nitrogens with one attached hydrogen (secondary N) is 1. The van der Waals surface area contributed by atoms with Crippen molar-refractivity contribution in [2.45, 2.75) is 51.0 Å². The fraction of sp³-hybridized carbons (Fsp3) is 0.526. The molecule has 3 amide bonds. The van der Waals surface area contributed by atoms with Crippen molar-refractivity contribution in [3.63, 3.8) is 0 Å². The zero-order chi connectivity index (χ0) is 17.8. The molecule has 1 aromatic carbocycles. The molecule has 1 aliphatic heterocycles. The summed E-state index contributed by atoms with van der Waals surface area (Å²) in [5.74, 6) is -0.558. The molecule has 1 heterocycles. The zero-order valence-corrected chi connectivity index (χ0v) is 14.2. The first kappa shape index (κ1) is 17.6. The number of hydrogen-bond donors (Lipinski definition) is 1. The van der Waals surface area contributed by atoms with Crippen LogP contribution in [-0.2, 0) is 14.4 Å². The van der Waals surface area contributed by atoms with Gasteiger partial charge in [0, 0.05) is 25.8 Å². The number of rotatable bonds is 6. The van der Waals surface area contributed by atoms with Crippen molar-refractivity contribution in [3.05, 3.63) is 35.6 Å². The molecule has 1 aromatic rings. The summed E-state index contributed by atoms with van der Waals surface area (Å²) in [6, 6.07) is 6.09. The molecule has 0 bridgehead atoms. The predicted molar refractivity (Wildman–Crippen MR) is 89.8 cm³/mol. The van der Waals surface area contributed by atoms with Gasteiger partial charge in [0.1, 0.15) is 5.82 Å². The van der Waals surface area contributed by atoms with E-state index in [0.29, 0.717) is 5.92 Å². The number of imide groups is 1. The largest absolute Gasteiger partial charge is 0.349 e. The zero-order valence-electron chi connectivity index (χ0n) is 14.2. The van der Waals surface area contributed by atoms with Crippen molar-refractivity contribution < 1.29 is 18.8 Å². The summed E-state index contributed by atoms with van der Waals surface area (Å²) >= 11 is 0. The first-order valence-electron chi connectivity index (χ1n) is 8.92. The second-order valence-corrected chi connectivity index (χ2v) is 6.83. The molecule has 1 atom stereocenters. The summed E-state index contributed by atoms with van der Waals surface area (Å²) in [6.45, 7) is 0.129. The van der Waals surface area contributed by atoms with E-state index in [1.807, 2.05) is 0 Å². The van der Waals surface area contributed by atoms with E-state index >= 15 is 0 Å². The van der Waals surface area contributed by atoms with Crippen LogP contribution in [0.4, 0.5) is 4.39 Å². The molecule has 0 spiro atoms. The maximum Gasteiger partial charge on any atom is 0.229 e. The van der Waals surface area contributed by atoms with Gasteiger partial charge in [0.05, 0.1) is 6.04 Å². The van der Waals surface area contributed by atoms with Crippen LogP contribution in [0.2, 0.25) is 0 Å². The molecule has 0 aromatic heterocycles. The first-order valence-corrected chi connectivity index (χ1v) is 8.92. The predicted octanol–water partition coefficient (Wildman–Crippen LogP) is 2.71. The van der Waals surface area contributed by atoms with Crippen LogP contribution >= 0.6 is 0 Å². The molecule has 1 saturated carbocycles. The second kappa shape index (κ2) is 7.76. The Hall–Kier alpha value is -2.24. The Bertz CT molecular complexity index is 637. The lowest BCUT2D eigenvalue weighted by Crippen LogP contribution is -2.37. The fourth-order valence-electron chi connectivity index (χ4n) is 3.77. The summed E-state index contributed by atoms with van der Waals surface area (Å²) in [5, 5.41) is 3.04. The molecule has 6 heteroatoms. The van der Waals surface area contributed by atoms with E-state index in [9.17, 15) is 18.8 Å². The molecule has 3 rings (SSSR count). The highest BCUT2D eigenvalue weighted by molar-refractivity contribution is 6.02. The van der Waals surface area contributed by atoms with E-state index in [2.05, 4.69) is 5.32 Å². The monoisotopic (exact) mass is 346 g/mol. The minimum atomic E-state index is -0.300. The van der Waals surface area contributed by atoms with Crippen molar-refractivity contribution in [3.8, 4) is 0 Å². The molecule has 1 aliphatic carbocycles. The molecule has 5 nitrogen and oxygen atoms in total. The average Bonchev–Trinajstić information content (AvgIpc) is 3.23. The molecule has 0 radical (unpaired) electrons. The van der Waals surface area contributed by atoms with Crippen molar-refractivity contribution in [2.24, 2.45) is 5.92 Å². The number of benzene rings is 1. The Kier molecular flexibility index (Phi) is 5.46. The molecule has 25 heavy (non-hydrogen) atoms. The Morgan fingerprint density at radius 1 is 1.12 bits per heavy atom. The maximum atomic E-state index is 13.2. The lowest BCUT2D eigenvalue weighted by molar-refractivity contribution is -0.138. The molecule has 134 valence electrons. The van der Waals surface area contributed by atoms with E-state index in [-0.39, 0.29) is 55.4 Å². The lowest BCUT2D eigenvalue weighted by Gasteiger charge is -2.26. The van der Waals surface area contributed by atoms with Gasteiger partial charge in [-0.25, -0.2) is 4.39 Å². The number of halogens is 1. The first-order chi connectivity index (χ1) is 12.0. The molecule has 1 saturated heterocycles. The van der Waals surface area contributed by atoms with Crippen molar-refractivity contribution in [1.29, 1.82) is 0 Å². The van der Waals surface area contributed by atoms with Crippen LogP contribution in [0.25, 0.3) is 0 Å². The van der Waals surface area contributed by atoms with Crippen LogP contribution in [0, 0.1) is 11.7 Å². The van der Waals surface area contributed by atoms with Gasteiger partial charge >= 0.3 is 0 Å². The summed E-state index contributed by atoms with van der Waals surface area (Å²) in [4.78, 5) is 36.8. The molecular weight excluding hydrogens is 323 g/mol. The number of carbonyl (C=O) groups is 3. The van der Waals surface area contributed by atoms with Gasteiger partial charge in [-0.3, -0.25) is 19.3 Å². The van der Waals surface area contributed by atoms with E-state index in [1.165, 1.54) is 17.0 Å². The van der Waals surface area contributed by atoms with Crippen LogP contribution < -0.4 is 5.32 Å². The van der Waals surface area contributed by atoms with E-state index in [0.717, 1.165) is 31.2 Å². The Balaban J connectivity index is 1.63. The van der Waals surface area contributed by atoms with Gasteiger partial charge in [-0.2, -0.15) is 0 Å². The summed E-state index contributed by atoms with van der Waals surface area (Å²) in [7, 11) is 0. The van der Waals surface area contributed by atoms with E-state index in [4.69, 9.17) is 0 Å². The maximum absolute atomic E-state index is 13.2. The van der Waals surface area contributed by atoms with Crippen LogP contribution in [0.1, 0.15) is 56.6 Å². The quantitative estimate of drug-likeness (QED) is 0.806. The molecular formula is C19H23FN2O3. The fourth-order valence-corrected chi connectivity index (χ4v) is 3.77.